The van der Waals surface area contributed by atoms with Crippen molar-refractivity contribution in [3.63, 3.8) is 0 Å². The Morgan fingerprint density at radius 1 is 1.40 bits per heavy atom. The van der Waals surface area contributed by atoms with E-state index in [1.165, 1.54) is 6.07 Å². The third-order valence-corrected chi connectivity index (χ3v) is 2.81. The van der Waals surface area contributed by atoms with Crippen molar-refractivity contribution in [1.29, 1.82) is 0 Å². The summed E-state index contributed by atoms with van der Waals surface area (Å²) in [6, 6.07) is 4.92. The second-order valence-electron chi connectivity index (χ2n) is 4.36. The van der Waals surface area contributed by atoms with Gasteiger partial charge in [-0.1, -0.05) is 29.3 Å². The molecule has 0 radical (unpaired) electrons. The molecule has 0 amide bonds. The van der Waals surface area contributed by atoms with Crippen LogP contribution < -0.4 is 5.73 Å². The molecular formula is C12H17BrFN. The molecule has 0 bridgehead atoms. The Kier molecular flexibility index (Phi) is 4.29. The molecule has 0 heterocycles. The van der Waals surface area contributed by atoms with Crippen molar-refractivity contribution in [2.24, 2.45) is 5.73 Å². The van der Waals surface area contributed by atoms with Crippen LogP contribution >= 0.6 is 15.9 Å². The van der Waals surface area contributed by atoms with Crippen LogP contribution in [0.2, 0.25) is 0 Å². The first-order valence-electron chi connectivity index (χ1n) is 5.17. The van der Waals surface area contributed by atoms with Crippen molar-refractivity contribution in [3.8, 4) is 0 Å². The minimum atomic E-state index is -0.248. The van der Waals surface area contributed by atoms with Gasteiger partial charge < -0.3 is 5.73 Å². The summed E-state index contributed by atoms with van der Waals surface area (Å²) < 4.78 is 13.9. The van der Waals surface area contributed by atoms with Gasteiger partial charge in [-0.3, -0.25) is 0 Å². The van der Waals surface area contributed by atoms with Crippen molar-refractivity contribution < 1.29 is 4.39 Å². The number of nitrogens with two attached hydrogens (primary N) is 1. The number of benzene rings is 1. The van der Waals surface area contributed by atoms with Gasteiger partial charge in [-0.2, -0.15) is 0 Å². The molecule has 0 aliphatic carbocycles. The molecule has 0 aromatic heterocycles. The smallest absolute Gasteiger partial charge is 0.124 e. The Morgan fingerprint density at radius 3 is 2.60 bits per heavy atom. The van der Waals surface area contributed by atoms with E-state index in [0.29, 0.717) is 6.42 Å². The van der Waals surface area contributed by atoms with Crippen molar-refractivity contribution in [3.05, 3.63) is 34.1 Å². The van der Waals surface area contributed by atoms with Crippen LogP contribution in [0.15, 0.2) is 22.7 Å². The molecule has 2 N–H and O–H groups in total. The van der Waals surface area contributed by atoms with Crippen LogP contribution in [-0.4, -0.2) is 5.54 Å². The molecule has 1 aromatic carbocycles. The molecule has 1 unspecified atom stereocenters. The zero-order valence-corrected chi connectivity index (χ0v) is 10.8. The monoisotopic (exact) mass is 273 g/mol. The van der Waals surface area contributed by atoms with Gasteiger partial charge in [0.25, 0.3) is 0 Å². The minimum absolute atomic E-state index is 0.216. The Balaban J connectivity index is 2.80. The summed E-state index contributed by atoms with van der Waals surface area (Å²) in [5, 5.41) is 0. The third kappa shape index (κ3) is 4.31. The zero-order chi connectivity index (χ0) is 11.5. The van der Waals surface area contributed by atoms with E-state index >= 15 is 0 Å². The molecule has 0 saturated carbocycles. The van der Waals surface area contributed by atoms with Gasteiger partial charge in [0.1, 0.15) is 5.82 Å². The van der Waals surface area contributed by atoms with E-state index < -0.39 is 0 Å². The first-order valence-corrected chi connectivity index (χ1v) is 5.96. The summed E-state index contributed by atoms with van der Waals surface area (Å²) in [6.07, 6.45) is 2.70. The van der Waals surface area contributed by atoms with Crippen LogP contribution in [0.25, 0.3) is 0 Å². The molecule has 0 aliphatic rings. The lowest BCUT2D eigenvalue weighted by Gasteiger charge is -2.24. The summed E-state index contributed by atoms with van der Waals surface area (Å²) >= 11 is 3.28. The van der Waals surface area contributed by atoms with Crippen LogP contribution in [0.4, 0.5) is 4.39 Å². The lowest BCUT2D eigenvalue weighted by Crippen LogP contribution is -2.38. The van der Waals surface area contributed by atoms with E-state index in [0.717, 1.165) is 22.9 Å². The fraction of sp³-hybridized carbons (Fsp3) is 0.500. The summed E-state index contributed by atoms with van der Waals surface area (Å²) in [5.74, 6) is -0.216. The maximum Gasteiger partial charge on any atom is 0.124 e. The highest BCUT2D eigenvalue weighted by Gasteiger charge is 2.18. The highest BCUT2D eigenvalue weighted by molar-refractivity contribution is 9.10. The lowest BCUT2D eigenvalue weighted by molar-refractivity contribution is 0.424. The second-order valence-corrected chi connectivity index (χ2v) is 5.27. The summed E-state index contributed by atoms with van der Waals surface area (Å²) in [7, 11) is 0. The molecule has 0 spiro atoms. The van der Waals surface area contributed by atoms with Crippen molar-refractivity contribution >= 4 is 15.9 Å². The van der Waals surface area contributed by atoms with Crippen LogP contribution in [0, 0.1) is 5.82 Å². The van der Waals surface area contributed by atoms with Crippen LogP contribution in [0.1, 0.15) is 32.3 Å². The summed E-state index contributed by atoms with van der Waals surface area (Å²) in [5.41, 5.74) is 6.82. The number of halogens is 2. The zero-order valence-electron chi connectivity index (χ0n) is 9.19. The molecule has 1 atom stereocenters. The largest absolute Gasteiger partial charge is 0.325 e. The normalized spacial score (nSPS) is 15.0. The Bertz CT molecular complexity index is 316. The molecule has 84 valence electrons. The maximum absolute atomic E-state index is 13.1. The van der Waals surface area contributed by atoms with Crippen molar-refractivity contribution in [1.82, 2.24) is 0 Å². The topological polar surface area (TPSA) is 26.0 Å². The molecule has 3 heteroatoms. The highest BCUT2D eigenvalue weighted by atomic mass is 79.9. The van der Waals surface area contributed by atoms with Gasteiger partial charge >= 0.3 is 0 Å². The Labute approximate surface area is 99.0 Å². The molecule has 1 nitrogen and oxygen atoms in total. The quantitative estimate of drug-likeness (QED) is 0.891. The van der Waals surface area contributed by atoms with Crippen LogP contribution in [-0.2, 0) is 6.42 Å². The molecule has 1 aromatic rings. The second kappa shape index (κ2) is 5.08. The lowest BCUT2D eigenvalue weighted by atomic mass is 9.90. The van der Waals surface area contributed by atoms with Gasteiger partial charge in [-0.15, -0.1) is 0 Å². The summed E-state index contributed by atoms with van der Waals surface area (Å²) in [6.45, 7) is 4.11. The molecular weight excluding hydrogens is 257 g/mol. The molecule has 0 fully saturated rings. The highest BCUT2D eigenvalue weighted by Crippen LogP contribution is 2.20. The first kappa shape index (κ1) is 12.7. The van der Waals surface area contributed by atoms with E-state index in [2.05, 4.69) is 22.9 Å². The number of hydrogen-bond donors (Lipinski definition) is 1. The van der Waals surface area contributed by atoms with Crippen molar-refractivity contribution in [2.45, 2.75) is 38.6 Å². The van der Waals surface area contributed by atoms with Gasteiger partial charge in [0, 0.05) is 10.0 Å². The van der Waals surface area contributed by atoms with E-state index in [4.69, 9.17) is 5.73 Å². The van der Waals surface area contributed by atoms with Gasteiger partial charge in [-0.05, 0) is 43.5 Å². The fourth-order valence-corrected chi connectivity index (χ4v) is 2.35. The van der Waals surface area contributed by atoms with E-state index in [-0.39, 0.29) is 11.4 Å². The molecule has 15 heavy (non-hydrogen) atoms. The molecule has 0 aliphatic heterocycles. The maximum atomic E-state index is 13.1. The minimum Gasteiger partial charge on any atom is -0.325 e. The van der Waals surface area contributed by atoms with Gasteiger partial charge in [0.2, 0.25) is 0 Å². The van der Waals surface area contributed by atoms with E-state index in [1.807, 2.05) is 13.0 Å². The molecule has 1 rings (SSSR count). The average molecular weight is 274 g/mol. The van der Waals surface area contributed by atoms with Gasteiger partial charge in [0.15, 0.2) is 0 Å². The Morgan fingerprint density at radius 2 is 2.07 bits per heavy atom. The van der Waals surface area contributed by atoms with Crippen LogP contribution in [0.5, 0.6) is 0 Å². The van der Waals surface area contributed by atoms with Crippen molar-refractivity contribution in [2.75, 3.05) is 0 Å². The number of hydrogen-bond acceptors (Lipinski definition) is 1. The van der Waals surface area contributed by atoms with Crippen LogP contribution in [0.3, 0.4) is 0 Å². The predicted molar refractivity (Wildman–Crippen MR) is 65.3 cm³/mol. The fourth-order valence-electron chi connectivity index (χ4n) is 1.84. The predicted octanol–water partition coefficient (Wildman–Crippen LogP) is 3.65. The molecule has 0 saturated heterocycles. The van der Waals surface area contributed by atoms with Gasteiger partial charge in [0.05, 0.1) is 0 Å². The third-order valence-electron chi connectivity index (χ3n) is 2.35. The van der Waals surface area contributed by atoms with E-state index in [9.17, 15) is 4.39 Å². The first-order chi connectivity index (χ1) is 6.93. The summed E-state index contributed by atoms with van der Waals surface area (Å²) in [4.78, 5) is 0. The average Bonchev–Trinajstić information content (AvgIpc) is 1.99. The Hall–Kier alpha value is -0.410. The van der Waals surface area contributed by atoms with Gasteiger partial charge in [-0.25, -0.2) is 4.39 Å². The van der Waals surface area contributed by atoms with E-state index in [1.54, 1.807) is 6.07 Å². The standard InChI is InChI=1S/C12H17BrFN/c1-3-4-12(2,15)8-9-5-10(13)7-11(14)6-9/h5-7H,3-4,8,15H2,1-2H3. The number of rotatable bonds is 4. The SMILES string of the molecule is CCCC(C)(N)Cc1cc(F)cc(Br)c1.